The summed E-state index contributed by atoms with van der Waals surface area (Å²) in [6.07, 6.45) is 2.01. The van der Waals surface area contributed by atoms with Crippen LogP contribution in [0, 0.1) is 11.3 Å². The molecule has 0 aliphatic carbocycles. The number of rotatable bonds is 5. The molecule has 0 aromatic carbocycles. The van der Waals surface area contributed by atoms with E-state index in [0.29, 0.717) is 11.3 Å². The first kappa shape index (κ1) is 15.6. The Hall–Kier alpha value is -0.410. The monoisotopic (exact) mass is 268 g/mol. The second-order valence-electron chi connectivity index (χ2n) is 7.13. The Labute approximate surface area is 116 Å². The molecular formula is C15H28N2S. The van der Waals surface area contributed by atoms with Crippen molar-refractivity contribution in [2.75, 3.05) is 6.54 Å². The van der Waals surface area contributed by atoms with Gasteiger partial charge in [0.2, 0.25) is 0 Å². The molecule has 1 rings (SSSR count). The molecule has 0 saturated carbocycles. The summed E-state index contributed by atoms with van der Waals surface area (Å²) in [4.78, 5) is 5.85. The molecule has 18 heavy (non-hydrogen) atoms. The molecule has 1 heterocycles. The fourth-order valence-electron chi connectivity index (χ4n) is 1.45. The zero-order chi connectivity index (χ0) is 14.0. The smallest absolute Gasteiger partial charge is 0.0981 e. The molecule has 0 amide bonds. The van der Waals surface area contributed by atoms with Crippen LogP contribution in [0.2, 0.25) is 0 Å². The van der Waals surface area contributed by atoms with Crippen molar-refractivity contribution >= 4 is 11.3 Å². The lowest BCUT2D eigenvalue weighted by molar-refractivity contribution is 0.238. The SMILES string of the molecule is CC(C)C(C)(C)CNCc1cnc(C(C)(C)C)s1. The minimum absolute atomic E-state index is 0.167. The van der Waals surface area contributed by atoms with Crippen molar-refractivity contribution in [1.82, 2.24) is 10.3 Å². The lowest BCUT2D eigenvalue weighted by atomic mass is 9.81. The maximum atomic E-state index is 4.52. The van der Waals surface area contributed by atoms with Crippen LogP contribution in [0.4, 0.5) is 0 Å². The number of thiazole rings is 1. The number of nitrogens with one attached hydrogen (secondary N) is 1. The van der Waals surface area contributed by atoms with Crippen molar-refractivity contribution in [2.45, 2.75) is 60.4 Å². The number of nitrogens with zero attached hydrogens (tertiary/aromatic N) is 1. The van der Waals surface area contributed by atoms with Crippen LogP contribution >= 0.6 is 11.3 Å². The first-order valence-corrected chi connectivity index (χ1v) is 7.60. The molecule has 1 aromatic heterocycles. The van der Waals surface area contributed by atoms with E-state index in [2.05, 4.69) is 58.8 Å². The van der Waals surface area contributed by atoms with E-state index in [1.165, 1.54) is 9.88 Å². The third-order valence-electron chi connectivity index (χ3n) is 3.64. The highest BCUT2D eigenvalue weighted by Gasteiger charge is 2.22. The maximum absolute atomic E-state index is 4.52. The van der Waals surface area contributed by atoms with Crippen molar-refractivity contribution < 1.29 is 0 Å². The molecule has 3 heteroatoms. The minimum Gasteiger partial charge on any atom is -0.311 e. The van der Waals surface area contributed by atoms with Gasteiger partial charge < -0.3 is 5.32 Å². The van der Waals surface area contributed by atoms with Crippen molar-refractivity contribution in [3.63, 3.8) is 0 Å². The molecule has 0 spiro atoms. The van der Waals surface area contributed by atoms with E-state index in [1.54, 1.807) is 0 Å². The molecule has 1 N–H and O–H groups in total. The second-order valence-corrected chi connectivity index (χ2v) is 8.24. The molecule has 2 nitrogen and oxygen atoms in total. The molecule has 0 saturated heterocycles. The van der Waals surface area contributed by atoms with Crippen LogP contribution in [0.5, 0.6) is 0 Å². The highest BCUT2D eigenvalue weighted by Crippen LogP contribution is 2.27. The van der Waals surface area contributed by atoms with Gasteiger partial charge in [-0.3, -0.25) is 0 Å². The van der Waals surface area contributed by atoms with Crippen LogP contribution in [0.3, 0.4) is 0 Å². The van der Waals surface area contributed by atoms with Crippen LogP contribution in [-0.4, -0.2) is 11.5 Å². The zero-order valence-corrected chi connectivity index (χ0v) is 13.7. The normalized spacial score (nSPS) is 13.3. The Kier molecular flexibility index (Phi) is 4.96. The third kappa shape index (κ3) is 4.36. The predicted octanol–water partition coefficient (Wildman–Crippen LogP) is 4.21. The first-order chi connectivity index (χ1) is 8.13. The van der Waals surface area contributed by atoms with Gasteiger partial charge in [-0.15, -0.1) is 11.3 Å². The summed E-state index contributed by atoms with van der Waals surface area (Å²) >= 11 is 1.83. The fourth-order valence-corrected chi connectivity index (χ4v) is 2.39. The first-order valence-electron chi connectivity index (χ1n) is 6.79. The van der Waals surface area contributed by atoms with Crippen LogP contribution in [-0.2, 0) is 12.0 Å². The van der Waals surface area contributed by atoms with Gasteiger partial charge in [0.05, 0.1) is 5.01 Å². The highest BCUT2D eigenvalue weighted by atomic mass is 32.1. The number of hydrogen-bond acceptors (Lipinski definition) is 3. The topological polar surface area (TPSA) is 24.9 Å². The molecule has 0 radical (unpaired) electrons. The molecule has 0 aliphatic rings. The van der Waals surface area contributed by atoms with E-state index in [4.69, 9.17) is 0 Å². The summed E-state index contributed by atoms with van der Waals surface area (Å²) < 4.78 is 0. The average Bonchev–Trinajstić information content (AvgIpc) is 2.65. The highest BCUT2D eigenvalue weighted by molar-refractivity contribution is 7.11. The van der Waals surface area contributed by atoms with Gasteiger partial charge in [0, 0.05) is 29.6 Å². The van der Waals surface area contributed by atoms with Crippen LogP contribution in [0.15, 0.2) is 6.20 Å². The molecule has 0 bridgehead atoms. The van der Waals surface area contributed by atoms with E-state index >= 15 is 0 Å². The summed E-state index contributed by atoms with van der Waals surface area (Å²) in [6, 6.07) is 0. The molecule has 0 unspecified atom stereocenters. The van der Waals surface area contributed by atoms with Crippen molar-refractivity contribution in [3.05, 3.63) is 16.1 Å². The Balaban J connectivity index is 2.48. The quantitative estimate of drug-likeness (QED) is 0.865. The van der Waals surface area contributed by atoms with Gasteiger partial charge in [0.1, 0.15) is 0 Å². The van der Waals surface area contributed by atoms with E-state index in [1.807, 2.05) is 17.5 Å². The minimum atomic E-state index is 0.167. The standard InChI is InChI=1S/C15H28N2S/c1-11(2)15(6,7)10-16-8-12-9-17-13(18-12)14(3,4)5/h9,11,16H,8,10H2,1-7H3. The average molecular weight is 268 g/mol. The largest absolute Gasteiger partial charge is 0.311 e. The summed E-state index contributed by atoms with van der Waals surface area (Å²) in [5.74, 6) is 0.691. The van der Waals surface area contributed by atoms with E-state index in [9.17, 15) is 0 Å². The molecule has 104 valence electrons. The predicted molar refractivity (Wildman–Crippen MR) is 81.1 cm³/mol. The Morgan fingerprint density at radius 2 is 1.83 bits per heavy atom. The van der Waals surface area contributed by atoms with Gasteiger partial charge in [-0.25, -0.2) is 4.98 Å². The molecule has 0 fully saturated rings. The molecular weight excluding hydrogens is 240 g/mol. The van der Waals surface area contributed by atoms with Crippen molar-refractivity contribution in [1.29, 1.82) is 0 Å². The van der Waals surface area contributed by atoms with Gasteiger partial charge in [0.15, 0.2) is 0 Å². The van der Waals surface area contributed by atoms with E-state index in [0.717, 1.165) is 13.1 Å². The fraction of sp³-hybridized carbons (Fsp3) is 0.800. The molecule has 1 aromatic rings. The summed E-state index contributed by atoms with van der Waals surface area (Å²) in [6.45, 7) is 17.8. The van der Waals surface area contributed by atoms with E-state index in [-0.39, 0.29) is 5.41 Å². The second kappa shape index (κ2) is 5.70. The summed E-state index contributed by atoms with van der Waals surface area (Å²) in [5.41, 5.74) is 0.512. The van der Waals surface area contributed by atoms with Crippen molar-refractivity contribution in [3.8, 4) is 0 Å². The molecule has 0 aliphatic heterocycles. The van der Waals surface area contributed by atoms with Gasteiger partial charge in [-0.1, -0.05) is 48.5 Å². The number of aromatic nitrogens is 1. The lowest BCUT2D eigenvalue weighted by Gasteiger charge is -2.29. The Morgan fingerprint density at radius 3 is 2.28 bits per heavy atom. The Bertz CT molecular complexity index is 372. The number of hydrogen-bond donors (Lipinski definition) is 1. The summed E-state index contributed by atoms with van der Waals surface area (Å²) in [7, 11) is 0. The van der Waals surface area contributed by atoms with Gasteiger partial charge in [-0.2, -0.15) is 0 Å². The molecule has 0 atom stereocenters. The van der Waals surface area contributed by atoms with Crippen LogP contribution < -0.4 is 5.32 Å². The van der Waals surface area contributed by atoms with Crippen LogP contribution in [0.25, 0.3) is 0 Å². The van der Waals surface area contributed by atoms with Crippen LogP contribution in [0.1, 0.15) is 58.4 Å². The van der Waals surface area contributed by atoms with E-state index < -0.39 is 0 Å². The lowest BCUT2D eigenvalue weighted by Crippen LogP contribution is -2.32. The van der Waals surface area contributed by atoms with Gasteiger partial charge in [-0.05, 0) is 11.3 Å². The van der Waals surface area contributed by atoms with Crippen molar-refractivity contribution in [2.24, 2.45) is 11.3 Å². The van der Waals surface area contributed by atoms with Gasteiger partial charge in [0.25, 0.3) is 0 Å². The summed E-state index contributed by atoms with van der Waals surface area (Å²) in [5, 5.41) is 4.78. The Morgan fingerprint density at radius 1 is 1.22 bits per heavy atom. The third-order valence-corrected chi connectivity index (χ3v) is 5.06. The van der Waals surface area contributed by atoms with Gasteiger partial charge >= 0.3 is 0 Å². The maximum Gasteiger partial charge on any atom is 0.0981 e. The zero-order valence-electron chi connectivity index (χ0n) is 12.9.